The maximum atomic E-state index is 11.5. The normalized spacial score (nSPS) is 10.8. The molecule has 0 saturated heterocycles. The number of nitrogens with one attached hydrogen (secondary N) is 1. The van der Waals surface area contributed by atoms with E-state index in [0.29, 0.717) is 52.6 Å². The second kappa shape index (κ2) is 17.4. The highest BCUT2D eigenvalue weighted by molar-refractivity contribution is 5.75. The van der Waals surface area contributed by atoms with Gasteiger partial charge >= 0.3 is 0 Å². The van der Waals surface area contributed by atoms with Crippen LogP contribution in [0.5, 0.6) is 0 Å². The molecule has 0 aliphatic carbocycles. The Morgan fingerprint density at radius 3 is 2.19 bits per heavy atom. The van der Waals surface area contributed by atoms with E-state index in [1.807, 2.05) is 6.92 Å². The van der Waals surface area contributed by atoms with Crippen LogP contribution < -0.4 is 5.32 Å². The minimum atomic E-state index is 0.0226. The Balaban J connectivity index is 3.12. The molecule has 2 N–H and O–H groups in total. The predicted molar refractivity (Wildman–Crippen MR) is 81.3 cm³/mol. The first-order chi connectivity index (χ1) is 10.3. The smallest absolute Gasteiger partial charge is 0.222 e. The van der Waals surface area contributed by atoms with E-state index in [2.05, 4.69) is 5.32 Å². The van der Waals surface area contributed by atoms with Gasteiger partial charge in [0.2, 0.25) is 5.91 Å². The predicted octanol–water partition coefficient (Wildman–Crippen LogP) is 1.12. The average molecular weight is 305 g/mol. The highest BCUT2D eigenvalue weighted by Gasteiger charge is 2.00. The molecule has 0 aliphatic heterocycles. The molecule has 6 nitrogen and oxygen atoms in total. The van der Waals surface area contributed by atoms with Gasteiger partial charge in [0.05, 0.1) is 33.0 Å². The van der Waals surface area contributed by atoms with Gasteiger partial charge in [-0.1, -0.05) is 12.8 Å². The van der Waals surface area contributed by atoms with Crippen LogP contribution in [-0.2, 0) is 19.0 Å². The minimum Gasteiger partial charge on any atom is -0.396 e. The Hall–Kier alpha value is -0.690. The van der Waals surface area contributed by atoms with Crippen molar-refractivity contribution in [2.75, 3.05) is 52.8 Å². The van der Waals surface area contributed by atoms with Crippen LogP contribution in [0.4, 0.5) is 0 Å². The Bertz CT molecular complexity index is 226. The standard InChI is InChI=1S/C15H31NO5/c1-2-19-11-12-21-14-13-20-10-7-15(18)16-8-5-3-4-6-9-17/h17H,2-14H2,1H3,(H,16,18). The molecule has 0 aromatic heterocycles. The van der Waals surface area contributed by atoms with E-state index in [9.17, 15) is 4.79 Å². The lowest BCUT2D eigenvalue weighted by atomic mass is 10.2. The van der Waals surface area contributed by atoms with E-state index < -0.39 is 0 Å². The third-order valence-corrected chi connectivity index (χ3v) is 2.83. The summed E-state index contributed by atoms with van der Waals surface area (Å²) in [5.74, 6) is 0.0226. The van der Waals surface area contributed by atoms with E-state index >= 15 is 0 Å². The van der Waals surface area contributed by atoms with Crippen molar-refractivity contribution in [3.05, 3.63) is 0 Å². The van der Waals surface area contributed by atoms with Crippen molar-refractivity contribution in [1.29, 1.82) is 0 Å². The molecule has 0 bridgehead atoms. The van der Waals surface area contributed by atoms with Crippen LogP contribution in [0, 0.1) is 0 Å². The summed E-state index contributed by atoms with van der Waals surface area (Å²) in [5, 5.41) is 11.5. The summed E-state index contributed by atoms with van der Waals surface area (Å²) in [5.41, 5.74) is 0. The molecule has 0 rings (SSSR count). The molecule has 21 heavy (non-hydrogen) atoms. The second-order valence-corrected chi connectivity index (χ2v) is 4.66. The summed E-state index contributed by atoms with van der Waals surface area (Å²) in [4.78, 5) is 11.5. The largest absolute Gasteiger partial charge is 0.396 e. The average Bonchev–Trinajstić information content (AvgIpc) is 2.49. The van der Waals surface area contributed by atoms with Crippen molar-refractivity contribution in [1.82, 2.24) is 5.32 Å². The molecule has 0 radical (unpaired) electrons. The second-order valence-electron chi connectivity index (χ2n) is 4.66. The zero-order chi connectivity index (χ0) is 15.6. The quantitative estimate of drug-likeness (QED) is 0.418. The summed E-state index contributed by atoms with van der Waals surface area (Å²) in [6, 6.07) is 0. The van der Waals surface area contributed by atoms with Gasteiger partial charge in [0.1, 0.15) is 0 Å². The van der Waals surface area contributed by atoms with Crippen LogP contribution in [0.3, 0.4) is 0 Å². The number of hydrogen-bond acceptors (Lipinski definition) is 5. The molecule has 126 valence electrons. The number of aliphatic hydroxyl groups excluding tert-OH is 1. The van der Waals surface area contributed by atoms with E-state index in [1.165, 1.54) is 0 Å². The highest BCUT2D eigenvalue weighted by atomic mass is 16.5. The molecule has 6 heteroatoms. The first kappa shape index (κ1) is 20.3. The lowest BCUT2D eigenvalue weighted by Crippen LogP contribution is -2.25. The number of hydrogen-bond donors (Lipinski definition) is 2. The van der Waals surface area contributed by atoms with E-state index in [1.54, 1.807) is 0 Å². The molecule has 0 atom stereocenters. The van der Waals surface area contributed by atoms with Gasteiger partial charge < -0.3 is 24.6 Å². The molecule has 0 unspecified atom stereocenters. The molecule has 0 aromatic rings. The molecule has 0 spiro atoms. The van der Waals surface area contributed by atoms with Crippen molar-refractivity contribution >= 4 is 5.91 Å². The van der Waals surface area contributed by atoms with Crippen molar-refractivity contribution < 1.29 is 24.1 Å². The van der Waals surface area contributed by atoms with Crippen molar-refractivity contribution in [2.24, 2.45) is 0 Å². The fourth-order valence-electron chi connectivity index (χ4n) is 1.66. The summed E-state index contributed by atoms with van der Waals surface area (Å²) < 4.78 is 15.7. The summed E-state index contributed by atoms with van der Waals surface area (Å²) in [6.07, 6.45) is 4.24. The lowest BCUT2D eigenvalue weighted by Gasteiger charge is -2.07. The van der Waals surface area contributed by atoms with Crippen molar-refractivity contribution in [3.8, 4) is 0 Å². The van der Waals surface area contributed by atoms with Gasteiger partial charge in [-0.05, 0) is 19.8 Å². The molecule has 0 saturated carbocycles. The fourth-order valence-corrected chi connectivity index (χ4v) is 1.66. The molecule has 1 amide bonds. The van der Waals surface area contributed by atoms with Crippen LogP contribution in [0.15, 0.2) is 0 Å². The maximum Gasteiger partial charge on any atom is 0.222 e. The molecule has 0 aliphatic rings. The number of unbranched alkanes of at least 4 members (excludes halogenated alkanes) is 3. The van der Waals surface area contributed by atoms with E-state index in [4.69, 9.17) is 19.3 Å². The lowest BCUT2D eigenvalue weighted by molar-refractivity contribution is -0.122. The van der Waals surface area contributed by atoms with E-state index in [-0.39, 0.29) is 12.5 Å². The van der Waals surface area contributed by atoms with Crippen LogP contribution in [-0.4, -0.2) is 63.8 Å². The Labute approximate surface area is 128 Å². The Morgan fingerprint density at radius 2 is 1.52 bits per heavy atom. The van der Waals surface area contributed by atoms with Gasteiger partial charge in [-0.3, -0.25) is 4.79 Å². The molecule has 0 heterocycles. The topological polar surface area (TPSA) is 77.0 Å². The zero-order valence-corrected chi connectivity index (χ0v) is 13.3. The third-order valence-electron chi connectivity index (χ3n) is 2.83. The monoisotopic (exact) mass is 305 g/mol. The van der Waals surface area contributed by atoms with Crippen LogP contribution in [0.25, 0.3) is 0 Å². The van der Waals surface area contributed by atoms with Gasteiger partial charge in [-0.15, -0.1) is 0 Å². The van der Waals surface area contributed by atoms with Crippen molar-refractivity contribution in [3.63, 3.8) is 0 Å². The number of rotatable bonds is 16. The number of carbonyl (C=O) groups excluding carboxylic acids is 1. The van der Waals surface area contributed by atoms with E-state index in [0.717, 1.165) is 25.7 Å². The van der Waals surface area contributed by atoms with Crippen LogP contribution >= 0.6 is 0 Å². The van der Waals surface area contributed by atoms with Gasteiger partial charge in [0, 0.05) is 26.2 Å². The molecular weight excluding hydrogens is 274 g/mol. The van der Waals surface area contributed by atoms with Gasteiger partial charge in [-0.25, -0.2) is 0 Å². The van der Waals surface area contributed by atoms with Gasteiger partial charge in [0.15, 0.2) is 0 Å². The fraction of sp³-hybridized carbons (Fsp3) is 0.933. The Morgan fingerprint density at radius 1 is 0.905 bits per heavy atom. The number of aliphatic hydroxyl groups is 1. The SMILES string of the molecule is CCOCCOCCOCCC(=O)NCCCCCCO. The minimum absolute atomic E-state index is 0.0226. The summed E-state index contributed by atoms with van der Waals surface area (Å²) in [7, 11) is 0. The van der Waals surface area contributed by atoms with Crippen LogP contribution in [0.2, 0.25) is 0 Å². The molecular formula is C15H31NO5. The first-order valence-corrected chi connectivity index (χ1v) is 7.92. The summed E-state index contributed by atoms with van der Waals surface area (Å²) in [6.45, 7) is 6.24. The number of carbonyl (C=O) groups is 1. The highest BCUT2D eigenvalue weighted by Crippen LogP contribution is 1.97. The number of ether oxygens (including phenoxy) is 3. The maximum absolute atomic E-state index is 11.5. The summed E-state index contributed by atoms with van der Waals surface area (Å²) >= 11 is 0. The third kappa shape index (κ3) is 17.3. The van der Waals surface area contributed by atoms with Crippen molar-refractivity contribution in [2.45, 2.75) is 39.0 Å². The first-order valence-electron chi connectivity index (χ1n) is 7.92. The van der Waals surface area contributed by atoms with Gasteiger partial charge in [-0.2, -0.15) is 0 Å². The van der Waals surface area contributed by atoms with Gasteiger partial charge in [0.25, 0.3) is 0 Å². The number of amides is 1. The molecule has 0 fully saturated rings. The zero-order valence-electron chi connectivity index (χ0n) is 13.3. The molecule has 0 aromatic carbocycles. The Kier molecular flexibility index (Phi) is 16.8. The van der Waals surface area contributed by atoms with Crippen LogP contribution in [0.1, 0.15) is 39.0 Å².